The lowest BCUT2D eigenvalue weighted by molar-refractivity contribution is 0.0552. The molecule has 0 aliphatic carbocycles. The molecule has 0 bridgehead atoms. The van der Waals surface area contributed by atoms with Gasteiger partial charge in [-0.25, -0.2) is 9.78 Å². The topological polar surface area (TPSA) is 88.2 Å². The van der Waals surface area contributed by atoms with E-state index in [1.165, 1.54) is 0 Å². The average Bonchev–Trinajstić information content (AvgIpc) is 3.23. The summed E-state index contributed by atoms with van der Waals surface area (Å²) in [5.74, 6) is 0.636. The third-order valence-corrected chi connectivity index (χ3v) is 4.65. The number of nitrogens with one attached hydrogen (secondary N) is 1. The number of aliphatic hydroxyl groups excluding tert-OH is 1. The molecule has 136 valence electrons. The predicted octanol–water partition coefficient (Wildman–Crippen LogP) is 2.00. The lowest BCUT2D eigenvalue weighted by Crippen LogP contribution is -2.44. The minimum absolute atomic E-state index is 0.0107. The van der Waals surface area contributed by atoms with Crippen LogP contribution in [-0.2, 0) is 13.6 Å². The fourth-order valence-electron chi connectivity index (χ4n) is 3.31. The van der Waals surface area contributed by atoms with E-state index in [0.717, 1.165) is 25.8 Å². The Kier molecular flexibility index (Phi) is 5.37. The molecule has 2 amide bonds. The molecule has 0 saturated carbocycles. The van der Waals surface area contributed by atoms with Gasteiger partial charge in [-0.05, 0) is 19.3 Å². The molecule has 2 unspecified atom stereocenters. The molecule has 2 aromatic heterocycles. The molecule has 8 heteroatoms. The molecule has 25 heavy (non-hydrogen) atoms. The first kappa shape index (κ1) is 17.5. The summed E-state index contributed by atoms with van der Waals surface area (Å²) in [5.41, 5.74) is 0.699. The maximum Gasteiger partial charge on any atom is 0.321 e. The number of amides is 2. The molecule has 1 aliphatic heterocycles. The van der Waals surface area contributed by atoms with E-state index in [0.29, 0.717) is 24.6 Å². The number of piperidine rings is 1. The van der Waals surface area contributed by atoms with E-state index < -0.39 is 6.10 Å². The van der Waals surface area contributed by atoms with Gasteiger partial charge < -0.3 is 19.9 Å². The summed E-state index contributed by atoms with van der Waals surface area (Å²) in [4.78, 5) is 18.5. The number of imidazole rings is 1. The first-order chi connectivity index (χ1) is 12.1. The first-order valence-corrected chi connectivity index (χ1v) is 8.82. The number of hydrogen-bond acceptors (Lipinski definition) is 4. The quantitative estimate of drug-likeness (QED) is 0.867. The van der Waals surface area contributed by atoms with E-state index in [9.17, 15) is 9.90 Å². The van der Waals surface area contributed by atoms with Gasteiger partial charge in [0.15, 0.2) is 0 Å². The van der Waals surface area contributed by atoms with Crippen molar-refractivity contribution in [2.75, 3.05) is 18.4 Å². The Morgan fingerprint density at radius 2 is 2.36 bits per heavy atom. The molecule has 3 heterocycles. The van der Waals surface area contributed by atoms with Crippen molar-refractivity contribution in [1.29, 1.82) is 0 Å². The van der Waals surface area contributed by atoms with Crippen LogP contribution in [0.4, 0.5) is 10.5 Å². The first-order valence-electron chi connectivity index (χ1n) is 8.82. The smallest absolute Gasteiger partial charge is 0.321 e. The average molecular weight is 346 g/mol. The molecule has 8 nitrogen and oxygen atoms in total. The third-order valence-electron chi connectivity index (χ3n) is 4.65. The van der Waals surface area contributed by atoms with E-state index in [2.05, 4.69) is 22.3 Å². The normalized spacial score (nSPS) is 19.0. The summed E-state index contributed by atoms with van der Waals surface area (Å²) >= 11 is 0. The Bertz CT molecular complexity index is 710. The number of anilines is 1. The van der Waals surface area contributed by atoms with E-state index in [1.54, 1.807) is 17.3 Å². The van der Waals surface area contributed by atoms with Crippen LogP contribution in [0.5, 0.6) is 0 Å². The number of aliphatic hydroxyl groups is 1. The second-order valence-corrected chi connectivity index (χ2v) is 6.61. The van der Waals surface area contributed by atoms with Crippen LogP contribution in [0.1, 0.15) is 38.1 Å². The van der Waals surface area contributed by atoms with Crippen molar-refractivity contribution < 1.29 is 9.90 Å². The molecule has 3 rings (SSSR count). The second-order valence-electron chi connectivity index (χ2n) is 6.61. The van der Waals surface area contributed by atoms with E-state index in [4.69, 9.17) is 0 Å². The van der Waals surface area contributed by atoms with Crippen molar-refractivity contribution >= 4 is 11.7 Å². The van der Waals surface area contributed by atoms with Gasteiger partial charge in [0.05, 0.1) is 11.9 Å². The van der Waals surface area contributed by atoms with Crippen molar-refractivity contribution in [3.8, 4) is 0 Å². The van der Waals surface area contributed by atoms with Crippen molar-refractivity contribution in [3.05, 3.63) is 30.6 Å². The SMILES string of the molecule is CCCn1cc(NC(=O)N2CCCC(C(O)c3nccn3C)C2)cn1. The van der Waals surface area contributed by atoms with Gasteiger partial charge in [-0.1, -0.05) is 6.92 Å². The Morgan fingerprint density at radius 3 is 3.08 bits per heavy atom. The predicted molar refractivity (Wildman–Crippen MR) is 94.0 cm³/mol. The van der Waals surface area contributed by atoms with Gasteiger partial charge in [0.25, 0.3) is 0 Å². The summed E-state index contributed by atoms with van der Waals surface area (Å²) in [5, 5.41) is 17.7. The van der Waals surface area contributed by atoms with Crippen molar-refractivity contribution in [2.24, 2.45) is 13.0 Å². The minimum Gasteiger partial charge on any atom is -0.385 e. The van der Waals surface area contributed by atoms with Crippen LogP contribution in [0.25, 0.3) is 0 Å². The highest BCUT2D eigenvalue weighted by molar-refractivity contribution is 5.89. The number of aromatic nitrogens is 4. The van der Waals surface area contributed by atoms with E-state index in [1.807, 2.05) is 28.7 Å². The van der Waals surface area contributed by atoms with Crippen LogP contribution in [0.15, 0.2) is 24.8 Å². The number of aryl methyl sites for hydroxylation is 2. The fraction of sp³-hybridized carbons (Fsp3) is 0.588. The highest BCUT2D eigenvalue weighted by Crippen LogP contribution is 2.29. The molecule has 0 spiro atoms. The van der Waals surface area contributed by atoms with Crippen molar-refractivity contribution in [2.45, 2.75) is 38.8 Å². The lowest BCUT2D eigenvalue weighted by Gasteiger charge is -2.34. The van der Waals surface area contributed by atoms with Gasteiger partial charge in [-0.2, -0.15) is 5.10 Å². The maximum absolute atomic E-state index is 12.5. The summed E-state index contributed by atoms with van der Waals surface area (Å²) in [6.07, 6.45) is 9.08. The van der Waals surface area contributed by atoms with Gasteiger partial charge in [0.2, 0.25) is 0 Å². The number of carbonyl (C=O) groups is 1. The molecule has 2 N–H and O–H groups in total. The van der Waals surface area contributed by atoms with Crippen LogP contribution in [0.3, 0.4) is 0 Å². The Balaban J connectivity index is 1.60. The molecule has 1 fully saturated rings. The molecular formula is C17H26N6O2. The van der Waals surface area contributed by atoms with Crippen molar-refractivity contribution in [3.63, 3.8) is 0 Å². The largest absolute Gasteiger partial charge is 0.385 e. The highest BCUT2D eigenvalue weighted by Gasteiger charge is 2.31. The molecule has 1 saturated heterocycles. The standard InChI is InChI=1S/C17H26N6O2/c1-3-7-23-12-14(10-19-23)20-17(25)22-8-4-5-13(11-22)15(24)16-18-6-9-21(16)2/h6,9-10,12-13,15,24H,3-5,7-8,11H2,1-2H3,(H,20,25). The van der Waals surface area contributed by atoms with Gasteiger partial charge >= 0.3 is 6.03 Å². The second kappa shape index (κ2) is 7.69. The van der Waals surface area contributed by atoms with E-state index >= 15 is 0 Å². The number of hydrogen-bond donors (Lipinski definition) is 2. The fourth-order valence-corrected chi connectivity index (χ4v) is 3.31. The summed E-state index contributed by atoms with van der Waals surface area (Å²) in [7, 11) is 1.87. The van der Waals surface area contributed by atoms with Crippen LogP contribution >= 0.6 is 0 Å². The summed E-state index contributed by atoms with van der Waals surface area (Å²) < 4.78 is 3.64. The zero-order valence-corrected chi connectivity index (χ0v) is 14.8. The number of rotatable bonds is 5. The molecule has 1 aliphatic rings. The van der Waals surface area contributed by atoms with Gasteiger partial charge in [0.1, 0.15) is 11.9 Å². The zero-order chi connectivity index (χ0) is 17.8. The number of urea groups is 1. The summed E-state index contributed by atoms with van der Waals surface area (Å²) in [6, 6.07) is -0.146. The van der Waals surface area contributed by atoms with Crippen LogP contribution in [-0.4, -0.2) is 48.5 Å². The van der Waals surface area contributed by atoms with Crippen LogP contribution < -0.4 is 5.32 Å². The van der Waals surface area contributed by atoms with E-state index in [-0.39, 0.29) is 11.9 Å². The minimum atomic E-state index is -0.664. The Hall–Kier alpha value is -2.35. The number of likely N-dealkylation sites (tertiary alicyclic amines) is 1. The van der Waals surface area contributed by atoms with Gasteiger partial charge in [-0.15, -0.1) is 0 Å². The monoisotopic (exact) mass is 346 g/mol. The molecule has 2 aromatic rings. The number of nitrogens with zero attached hydrogens (tertiary/aromatic N) is 5. The van der Waals surface area contributed by atoms with Gasteiger partial charge in [0, 0.05) is 51.2 Å². The van der Waals surface area contributed by atoms with Crippen molar-refractivity contribution in [1.82, 2.24) is 24.2 Å². The molecule has 0 radical (unpaired) electrons. The maximum atomic E-state index is 12.5. The number of carbonyl (C=O) groups excluding carboxylic acids is 1. The Labute approximate surface area is 147 Å². The van der Waals surface area contributed by atoms with Gasteiger partial charge in [-0.3, -0.25) is 4.68 Å². The lowest BCUT2D eigenvalue weighted by atomic mass is 9.92. The Morgan fingerprint density at radius 1 is 1.52 bits per heavy atom. The summed E-state index contributed by atoms with van der Waals surface area (Å²) in [6.45, 7) is 4.12. The third kappa shape index (κ3) is 4.01. The zero-order valence-electron chi connectivity index (χ0n) is 14.8. The van der Waals surface area contributed by atoms with Crippen LogP contribution in [0, 0.1) is 5.92 Å². The highest BCUT2D eigenvalue weighted by atomic mass is 16.3. The molecule has 0 aromatic carbocycles. The molecule has 2 atom stereocenters. The molecular weight excluding hydrogens is 320 g/mol. The van der Waals surface area contributed by atoms with Crippen LogP contribution in [0.2, 0.25) is 0 Å².